The highest BCUT2D eigenvalue weighted by Crippen LogP contribution is 2.24. The van der Waals surface area contributed by atoms with E-state index in [9.17, 15) is 9.59 Å². The van der Waals surface area contributed by atoms with Gasteiger partial charge in [0.25, 0.3) is 0 Å². The zero-order valence-corrected chi connectivity index (χ0v) is 14.9. The lowest BCUT2D eigenvalue weighted by molar-refractivity contribution is -0.130. The van der Waals surface area contributed by atoms with Crippen LogP contribution in [-0.4, -0.2) is 41.6 Å². The Morgan fingerprint density at radius 1 is 1.17 bits per heavy atom. The molecule has 1 aromatic rings. The van der Waals surface area contributed by atoms with Gasteiger partial charge in [0.15, 0.2) is 0 Å². The fourth-order valence-electron chi connectivity index (χ4n) is 3.14. The monoisotopic (exact) mass is 346 g/mol. The largest absolute Gasteiger partial charge is 0.353 e. The van der Waals surface area contributed by atoms with Crippen LogP contribution in [0.5, 0.6) is 0 Å². The number of nitrogens with one attached hydrogen (secondary N) is 1. The summed E-state index contributed by atoms with van der Waals surface area (Å²) < 4.78 is 0. The molecule has 3 rings (SSSR count). The molecule has 2 amide bonds. The molecule has 1 atom stereocenters. The lowest BCUT2D eigenvalue weighted by Crippen LogP contribution is -2.41. The summed E-state index contributed by atoms with van der Waals surface area (Å²) in [6.07, 6.45) is 5.95. The Kier molecular flexibility index (Phi) is 6.18. The first-order valence-corrected chi connectivity index (χ1v) is 9.94. The fraction of sp³-hybridized carbons (Fsp3) is 0.579. The molecule has 0 aromatic heterocycles. The maximum absolute atomic E-state index is 12.4. The van der Waals surface area contributed by atoms with Gasteiger partial charge in [-0.1, -0.05) is 18.2 Å². The van der Waals surface area contributed by atoms with E-state index in [1.807, 2.05) is 35.2 Å². The number of rotatable bonds is 7. The number of carbonyl (C=O) groups excluding carboxylic acids is 2. The number of amides is 2. The van der Waals surface area contributed by atoms with Gasteiger partial charge in [0.1, 0.15) is 0 Å². The normalized spacial score (nSPS) is 20.7. The molecular formula is C19H26N2O2S. The first-order valence-electron chi connectivity index (χ1n) is 8.95. The third kappa shape index (κ3) is 5.55. The van der Waals surface area contributed by atoms with E-state index in [-0.39, 0.29) is 11.8 Å². The highest BCUT2D eigenvalue weighted by molar-refractivity contribution is 8.00. The Morgan fingerprint density at radius 3 is 2.71 bits per heavy atom. The Hall–Kier alpha value is -1.49. The predicted octanol–water partition coefficient (Wildman–Crippen LogP) is 3.08. The lowest BCUT2D eigenvalue weighted by atomic mass is 9.93. The van der Waals surface area contributed by atoms with Gasteiger partial charge in [0.05, 0.1) is 5.75 Å². The molecular weight excluding hydrogens is 320 g/mol. The zero-order chi connectivity index (χ0) is 16.8. The van der Waals surface area contributed by atoms with Crippen LogP contribution >= 0.6 is 11.8 Å². The number of hydrogen-bond donors (Lipinski definition) is 1. The molecule has 1 aromatic carbocycles. The quantitative estimate of drug-likeness (QED) is 0.772. The minimum absolute atomic E-state index is 0.181. The van der Waals surface area contributed by atoms with Crippen LogP contribution in [0.2, 0.25) is 0 Å². The summed E-state index contributed by atoms with van der Waals surface area (Å²) in [6, 6.07) is 10.5. The molecule has 0 radical (unpaired) electrons. The average Bonchev–Trinajstić information content (AvgIpc) is 3.43. The van der Waals surface area contributed by atoms with Gasteiger partial charge in [0.2, 0.25) is 11.8 Å². The van der Waals surface area contributed by atoms with Crippen LogP contribution in [0.15, 0.2) is 35.2 Å². The number of nitrogens with zero attached hydrogens (tertiary/aromatic N) is 1. The topological polar surface area (TPSA) is 49.4 Å². The van der Waals surface area contributed by atoms with Crippen LogP contribution < -0.4 is 5.32 Å². The van der Waals surface area contributed by atoms with Crippen molar-refractivity contribution in [2.75, 3.05) is 18.8 Å². The Balaban J connectivity index is 1.39. The number of piperidine rings is 1. The lowest BCUT2D eigenvalue weighted by Gasteiger charge is -2.32. The molecule has 4 nitrogen and oxygen atoms in total. The van der Waals surface area contributed by atoms with E-state index in [4.69, 9.17) is 0 Å². The first kappa shape index (κ1) is 17.3. The van der Waals surface area contributed by atoms with Crippen molar-refractivity contribution in [2.45, 2.75) is 49.5 Å². The summed E-state index contributed by atoms with van der Waals surface area (Å²) >= 11 is 1.60. The van der Waals surface area contributed by atoms with Crippen molar-refractivity contribution < 1.29 is 9.59 Å². The molecule has 1 N–H and O–H groups in total. The van der Waals surface area contributed by atoms with E-state index < -0.39 is 0 Å². The van der Waals surface area contributed by atoms with Crippen molar-refractivity contribution >= 4 is 23.6 Å². The molecule has 0 bridgehead atoms. The van der Waals surface area contributed by atoms with Crippen LogP contribution in [0, 0.1) is 5.92 Å². The number of benzene rings is 1. The van der Waals surface area contributed by atoms with Crippen LogP contribution in [0.1, 0.15) is 38.5 Å². The van der Waals surface area contributed by atoms with Gasteiger partial charge >= 0.3 is 0 Å². The smallest absolute Gasteiger partial charge is 0.232 e. The maximum Gasteiger partial charge on any atom is 0.232 e. The van der Waals surface area contributed by atoms with Gasteiger partial charge in [-0.15, -0.1) is 11.8 Å². The van der Waals surface area contributed by atoms with Crippen molar-refractivity contribution in [1.29, 1.82) is 0 Å². The minimum atomic E-state index is 0.181. The highest BCUT2D eigenvalue weighted by Gasteiger charge is 2.26. The molecule has 2 fully saturated rings. The van der Waals surface area contributed by atoms with Gasteiger partial charge in [-0.2, -0.15) is 0 Å². The van der Waals surface area contributed by atoms with E-state index in [0.29, 0.717) is 24.1 Å². The van der Waals surface area contributed by atoms with Crippen LogP contribution in [0.3, 0.4) is 0 Å². The highest BCUT2D eigenvalue weighted by atomic mass is 32.2. The van der Waals surface area contributed by atoms with Crippen LogP contribution in [-0.2, 0) is 9.59 Å². The minimum Gasteiger partial charge on any atom is -0.353 e. The summed E-state index contributed by atoms with van der Waals surface area (Å²) in [5.41, 5.74) is 0. The van der Waals surface area contributed by atoms with E-state index in [1.54, 1.807) is 11.8 Å². The van der Waals surface area contributed by atoms with Gasteiger partial charge in [-0.3, -0.25) is 9.59 Å². The van der Waals surface area contributed by atoms with Crippen molar-refractivity contribution in [3.05, 3.63) is 30.3 Å². The van der Waals surface area contributed by atoms with Crippen molar-refractivity contribution in [3.8, 4) is 0 Å². The molecule has 0 spiro atoms. The van der Waals surface area contributed by atoms with E-state index in [0.717, 1.165) is 50.1 Å². The van der Waals surface area contributed by atoms with E-state index in [1.165, 1.54) is 0 Å². The summed E-state index contributed by atoms with van der Waals surface area (Å²) in [5, 5.41) is 3.04. The number of thioether (sulfide) groups is 1. The Bertz CT molecular complexity index is 560. The fourth-order valence-corrected chi connectivity index (χ4v) is 3.97. The molecule has 1 aliphatic carbocycles. The number of carbonyl (C=O) groups is 2. The standard InChI is InChI=1S/C19H26N2O2S/c22-18(20-16-9-10-16)11-8-15-5-4-12-21(13-15)19(23)14-24-17-6-2-1-3-7-17/h1-3,6-7,15-16H,4-5,8-14H2,(H,20,22). The molecule has 130 valence electrons. The summed E-state index contributed by atoms with van der Waals surface area (Å²) in [4.78, 5) is 27.4. The second-order valence-corrected chi connectivity index (χ2v) is 7.88. The molecule has 24 heavy (non-hydrogen) atoms. The van der Waals surface area contributed by atoms with Gasteiger partial charge in [-0.25, -0.2) is 0 Å². The summed E-state index contributed by atoms with van der Waals surface area (Å²) in [6.45, 7) is 1.67. The predicted molar refractivity (Wildman–Crippen MR) is 96.9 cm³/mol. The second kappa shape index (κ2) is 8.56. The van der Waals surface area contributed by atoms with Crippen LogP contribution in [0.4, 0.5) is 0 Å². The molecule has 1 unspecified atom stereocenters. The third-order valence-corrected chi connectivity index (χ3v) is 5.70. The van der Waals surface area contributed by atoms with E-state index in [2.05, 4.69) is 5.32 Å². The Labute approximate surface area is 148 Å². The maximum atomic E-state index is 12.4. The molecule has 1 heterocycles. The SMILES string of the molecule is O=C(CCC1CCCN(C(=O)CSc2ccccc2)C1)NC1CC1. The second-order valence-electron chi connectivity index (χ2n) is 6.83. The summed E-state index contributed by atoms with van der Waals surface area (Å²) in [5.74, 6) is 1.37. The molecule has 5 heteroatoms. The van der Waals surface area contributed by atoms with Crippen molar-refractivity contribution in [2.24, 2.45) is 5.92 Å². The molecule has 1 aliphatic heterocycles. The number of hydrogen-bond acceptors (Lipinski definition) is 3. The van der Waals surface area contributed by atoms with Gasteiger partial charge in [-0.05, 0) is 50.2 Å². The van der Waals surface area contributed by atoms with Gasteiger partial charge in [0, 0.05) is 30.4 Å². The molecule has 1 saturated carbocycles. The van der Waals surface area contributed by atoms with Crippen molar-refractivity contribution in [3.63, 3.8) is 0 Å². The number of likely N-dealkylation sites (tertiary alicyclic amines) is 1. The third-order valence-electron chi connectivity index (χ3n) is 4.70. The van der Waals surface area contributed by atoms with Crippen LogP contribution in [0.25, 0.3) is 0 Å². The van der Waals surface area contributed by atoms with Gasteiger partial charge < -0.3 is 10.2 Å². The first-order chi connectivity index (χ1) is 11.7. The Morgan fingerprint density at radius 2 is 1.96 bits per heavy atom. The van der Waals surface area contributed by atoms with Crippen molar-refractivity contribution in [1.82, 2.24) is 10.2 Å². The average molecular weight is 346 g/mol. The molecule has 2 aliphatic rings. The summed E-state index contributed by atoms with van der Waals surface area (Å²) in [7, 11) is 0. The molecule has 1 saturated heterocycles. The zero-order valence-electron chi connectivity index (χ0n) is 14.1. The van der Waals surface area contributed by atoms with E-state index >= 15 is 0 Å².